The van der Waals surface area contributed by atoms with Crippen LogP contribution in [0.4, 0.5) is 0 Å². The van der Waals surface area contributed by atoms with Gasteiger partial charge in [-0.05, 0) is 13.0 Å². The lowest BCUT2D eigenvalue weighted by Crippen LogP contribution is -2.18. The van der Waals surface area contributed by atoms with Gasteiger partial charge in [0.05, 0.1) is 12.0 Å². The Kier molecular flexibility index (Phi) is 1.96. The van der Waals surface area contributed by atoms with Crippen molar-refractivity contribution in [2.75, 3.05) is 0 Å². The van der Waals surface area contributed by atoms with Gasteiger partial charge in [0.15, 0.2) is 5.43 Å². The second-order valence-corrected chi connectivity index (χ2v) is 3.05. The third-order valence-corrected chi connectivity index (χ3v) is 2.10. The van der Waals surface area contributed by atoms with Crippen LogP contribution in [0.1, 0.15) is 5.69 Å². The highest BCUT2D eigenvalue weighted by atomic mass is 16.5. The van der Waals surface area contributed by atoms with Crippen molar-refractivity contribution in [2.45, 2.75) is 6.92 Å². The molecule has 0 fully saturated rings. The van der Waals surface area contributed by atoms with Crippen molar-refractivity contribution in [3.63, 3.8) is 0 Å². The Bertz CT molecular complexity index is 639. The smallest absolute Gasteiger partial charge is 0.245 e. The molecule has 0 aromatic carbocycles. The highest BCUT2D eigenvalue weighted by Gasteiger charge is 2.09. The largest absolute Gasteiger partial charge is 0.445 e. The molecule has 2 aromatic rings. The van der Waals surface area contributed by atoms with E-state index in [0.717, 1.165) is 11.0 Å². The van der Waals surface area contributed by atoms with E-state index < -0.39 is 0 Å². The second kappa shape index (κ2) is 3.16. The molecule has 0 unspecified atom stereocenters. The van der Waals surface area contributed by atoms with Crippen molar-refractivity contribution < 1.29 is 14.8 Å². The van der Waals surface area contributed by atoms with E-state index in [9.17, 15) is 10.0 Å². The summed E-state index contributed by atoms with van der Waals surface area (Å²) in [7, 11) is 0. The first-order chi connectivity index (χ1) is 7.15. The quantitative estimate of drug-likeness (QED) is 0.373. The lowest BCUT2D eigenvalue weighted by molar-refractivity contribution is 0.178. The Morgan fingerprint density at radius 2 is 2.27 bits per heavy atom. The number of pyridine rings is 1. The summed E-state index contributed by atoms with van der Waals surface area (Å²) in [4.78, 5) is 11.5. The summed E-state index contributed by atoms with van der Waals surface area (Å²) in [5.74, 6) is 0. The van der Waals surface area contributed by atoms with Gasteiger partial charge in [-0.1, -0.05) is 5.16 Å². The molecular formula is C9H8N2O4. The molecular weight excluding hydrogens is 200 g/mol. The number of aromatic nitrogens is 1. The first-order valence-electron chi connectivity index (χ1n) is 4.16. The summed E-state index contributed by atoms with van der Waals surface area (Å²) in [5, 5.41) is 21.4. The number of hydrogen-bond donors (Lipinski definition) is 2. The van der Waals surface area contributed by atoms with E-state index in [1.54, 1.807) is 6.92 Å². The summed E-state index contributed by atoms with van der Waals surface area (Å²) in [5.41, 5.74) is -0.0354. The van der Waals surface area contributed by atoms with Gasteiger partial charge in [-0.25, -0.2) is 0 Å². The molecule has 0 spiro atoms. The van der Waals surface area contributed by atoms with Crippen LogP contribution in [0, 0.1) is 6.92 Å². The molecule has 0 saturated carbocycles. The number of rotatable bonds is 0. The zero-order chi connectivity index (χ0) is 11.0. The molecule has 0 aliphatic rings. The third-order valence-electron chi connectivity index (χ3n) is 2.10. The fourth-order valence-electron chi connectivity index (χ4n) is 1.37. The van der Waals surface area contributed by atoms with Crippen LogP contribution in [0.5, 0.6) is 0 Å². The minimum absolute atomic E-state index is 0.0353. The van der Waals surface area contributed by atoms with Crippen LogP contribution < -0.4 is 10.8 Å². The predicted octanol–water partition coefficient (Wildman–Crippen LogP) is 0.430. The number of hydrogen-bond acceptors (Lipinski definition) is 5. The van der Waals surface area contributed by atoms with Crippen molar-refractivity contribution in [3.8, 4) is 0 Å². The van der Waals surface area contributed by atoms with Crippen LogP contribution in [-0.4, -0.2) is 15.1 Å². The molecule has 0 bridgehead atoms. The minimum atomic E-state index is -0.383. The molecule has 2 N–H and O–H groups in total. The van der Waals surface area contributed by atoms with Gasteiger partial charge < -0.3 is 14.8 Å². The highest BCUT2D eigenvalue weighted by Crippen LogP contribution is 2.06. The molecule has 0 radical (unpaired) electrons. The van der Waals surface area contributed by atoms with E-state index in [2.05, 4.69) is 5.16 Å². The van der Waals surface area contributed by atoms with Gasteiger partial charge >= 0.3 is 0 Å². The molecule has 2 rings (SSSR count). The molecule has 2 aromatic heterocycles. The summed E-state index contributed by atoms with van der Waals surface area (Å²) in [6.45, 7) is 1.58. The maximum Gasteiger partial charge on any atom is 0.245 e. The molecule has 2 heterocycles. The Labute approximate surface area is 83.3 Å². The van der Waals surface area contributed by atoms with Gasteiger partial charge in [0.2, 0.25) is 5.71 Å². The van der Waals surface area contributed by atoms with E-state index >= 15 is 0 Å². The zero-order valence-corrected chi connectivity index (χ0v) is 7.84. The summed E-state index contributed by atoms with van der Waals surface area (Å²) in [6, 6.07) is 2.56. The summed E-state index contributed by atoms with van der Waals surface area (Å²) >= 11 is 0. The molecule has 0 aliphatic carbocycles. The molecule has 0 atom stereocenters. The molecule has 0 amide bonds. The van der Waals surface area contributed by atoms with E-state index in [4.69, 9.17) is 9.62 Å². The van der Waals surface area contributed by atoms with Crippen molar-refractivity contribution >= 4 is 11.1 Å². The van der Waals surface area contributed by atoms with Gasteiger partial charge in [0.25, 0.3) is 0 Å². The maximum atomic E-state index is 11.5. The van der Waals surface area contributed by atoms with Gasteiger partial charge in [-0.3, -0.25) is 4.79 Å². The topological polar surface area (TPSA) is 88.0 Å². The fraction of sp³-hybridized carbons (Fsp3) is 0.111. The fourth-order valence-corrected chi connectivity index (χ4v) is 1.37. The van der Waals surface area contributed by atoms with Crippen LogP contribution in [-0.2, 0) is 0 Å². The summed E-state index contributed by atoms with van der Waals surface area (Å²) in [6.07, 6.45) is 1.16. The molecule has 78 valence electrons. The average molecular weight is 208 g/mol. The van der Waals surface area contributed by atoms with Crippen LogP contribution in [0.15, 0.2) is 32.8 Å². The van der Waals surface area contributed by atoms with E-state index in [1.807, 2.05) is 0 Å². The minimum Gasteiger partial charge on any atom is -0.445 e. The number of fused-ring (bicyclic) bond motifs is 1. The van der Waals surface area contributed by atoms with Crippen molar-refractivity contribution in [1.29, 1.82) is 0 Å². The van der Waals surface area contributed by atoms with Crippen LogP contribution >= 0.6 is 0 Å². The predicted molar refractivity (Wildman–Crippen MR) is 49.7 cm³/mol. The van der Waals surface area contributed by atoms with Crippen LogP contribution in [0.2, 0.25) is 0 Å². The summed E-state index contributed by atoms with van der Waals surface area (Å²) < 4.78 is 5.72. The Morgan fingerprint density at radius 1 is 1.53 bits per heavy atom. The zero-order valence-electron chi connectivity index (χ0n) is 7.84. The van der Waals surface area contributed by atoms with E-state index in [0.29, 0.717) is 5.69 Å². The monoisotopic (exact) mass is 208 g/mol. The molecule has 6 nitrogen and oxygen atoms in total. The van der Waals surface area contributed by atoms with Gasteiger partial charge in [-0.2, -0.15) is 4.73 Å². The van der Waals surface area contributed by atoms with Gasteiger partial charge in [0.1, 0.15) is 10.7 Å². The van der Waals surface area contributed by atoms with Crippen LogP contribution in [0.25, 0.3) is 11.1 Å². The van der Waals surface area contributed by atoms with Crippen molar-refractivity contribution in [2.24, 2.45) is 5.16 Å². The normalized spacial score (nSPS) is 12.2. The van der Waals surface area contributed by atoms with Crippen LogP contribution in [0.3, 0.4) is 0 Å². The maximum absolute atomic E-state index is 11.5. The van der Waals surface area contributed by atoms with Crippen molar-refractivity contribution in [1.82, 2.24) is 4.73 Å². The number of aryl methyl sites for hydroxylation is 1. The Morgan fingerprint density at radius 3 is 2.93 bits per heavy atom. The number of nitrogens with zero attached hydrogens (tertiary/aromatic N) is 2. The molecule has 0 saturated heterocycles. The van der Waals surface area contributed by atoms with Gasteiger partial charge in [-0.15, -0.1) is 0 Å². The lowest BCUT2D eigenvalue weighted by atomic mass is 10.2. The van der Waals surface area contributed by atoms with Gasteiger partial charge in [0, 0.05) is 6.07 Å². The van der Waals surface area contributed by atoms with E-state index in [-0.39, 0.29) is 21.9 Å². The van der Waals surface area contributed by atoms with E-state index in [1.165, 1.54) is 12.1 Å². The first kappa shape index (κ1) is 9.32. The average Bonchev–Trinajstić information content (AvgIpc) is 2.23. The van der Waals surface area contributed by atoms with Crippen molar-refractivity contribution in [3.05, 3.63) is 39.7 Å². The molecule has 15 heavy (non-hydrogen) atoms. The SMILES string of the molecule is Cc1cc(=NO)c2c(=O)ccoc2n1O. The highest BCUT2D eigenvalue weighted by molar-refractivity contribution is 5.72. The third kappa shape index (κ3) is 1.26. The lowest BCUT2D eigenvalue weighted by Gasteiger charge is -2.04. The molecule has 6 heteroatoms. The first-order valence-corrected chi connectivity index (χ1v) is 4.16. The Hall–Kier alpha value is -2.24. The second-order valence-electron chi connectivity index (χ2n) is 3.05. The standard InChI is InChI=1S/C9H8N2O4/c1-5-4-6(10-13)8-7(12)2-3-15-9(8)11(5)14/h2-4,13-14H,1H3. The molecule has 0 aliphatic heterocycles. The Balaban J connectivity index is 3.19.